The first-order valence-corrected chi connectivity index (χ1v) is 10.2. The quantitative estimate of drug-likeness (QED) is 0.399. The molecule has 0 aliphatic rings. The topological polar surface area (TPSA) is 60.4 Å². The molecule has 2 aromatic carbocycles. The van der Waals surface area contributed by atoms with Gasteiger partial charge in [-0.2, -0.15) is 9.50 Å². The average Bonchev–Trinajstić information content (AvgIpc) is 3.43. The third-order valence-electron chi connectivity index (χ3n) is 4.32. The Bertz CT molecular complexity index is 1450. The zero-order chi connectivity index (χ0) is 20.0. The van der Waals surface area contributed by atoms with Gasteiger partial charge in [-0.1, -0.05) is 64.9 Å². The van der Waals surface area contributed by atoms with Gasteiger partial charge in [0.1, 0.15) is 16.1 Å². The van der Waals surface area contributed by atoms with E-state index < -0.39 is 0 Å². The van der Waals surface area contributed by atoms with Crippen LogP contribution in [0.3, 0.4) is 0 Å². The minimum absolute atomic E-state index is 0.229. The summed E-state index contributed by atoms with van der Waals surface area (Å²) in [4.78, 5) is 17.7. The summed E-state index contributed by atoms with van der Waals surface area (Å²) in [7, 11) is 0. The highest BCUT2D eigenvalue weighted by molar-refractivity contribution is 7.15. The SMILES string of the molecule is O=c1c(=Cc2ccc(-c3ccc(Cl)c(Cl)c3)o2)sc2nc(-c3ccccc3)nn12. The van der Waals surface area contributed by atoms with E-state index in [9.17, 15) is 4.79 Å². The fourth-order valence-corrected chi connectivity index (χ4v) is 4.09. The second-order valence-electron chi connectivity index (χ2n) is 6.24. The predicted octanol–water partition coefficient (Wildman–Crippen LogP) is 4.93. The van der Waals surface area contributed by atoms with Crippen LogP contribution in [0.4, 0.5) is 0 Å². The van der Waals surface area contributed by atoms with Crippen molar-refractivity contribution in [3.05, 3.63) is 91.4 Å². The van der Waals surface area contributed by atoms with Gasteiger partial charge in [0.05, 0.1) is 10.0 Å². The average molecular weight is 440 g/mol. The van der Waals surface area contributed by atoms with E-state index in [2.05, 4.69) is 10.1 Å². The van der Waals surface area contributed by atoms with Gasteiger partial charge in [-0.25, -0.2) is 0 Å². The van der Waals surface area contributed by atoms with Gasteiger partial charge in [-0.05, 0) is 30.3 Å². The van der Waals surface area contributed by atoms with Gasteiger partial charge in [0.15, 0.2) is 5.82 Å². The number of halogens is 2. The van der Waals surface area contributed by atoms with Crippen LogP contribution in [-0.4, -0.2) is 14.6 Å². The van der Waals surface area contributed by atoms with E-state index in [0.29, 0.717) is 36.9 Å². The van der Waals surface area contributed by atoms with Crippen LogP contribution in [-0.2, 0) is 0 Å². The van der Waals surface area contributed by atoms with E-state index in [1.165, 1.54) is 15.9 Å². The maximum atomic E-state index is 12.7. The molecule has 3 aromatic heterocycles. The highest BCUT2D eigenvalue weighted by atomic mass is 35.5. The normalized spacial score (nSPS) is 12.1. The molecule has 142 valence electrons. The van der Waals surface area contributed by atoms with Gasteiger partial charge in [0, 0.05) is 17.2 Å². The van der Waals surface area contributed by atoms with Crippen LogP contribution in [0.1, 0.15) is 5.76 Å². The summed E-state index contributed by atoms with van der Waals surface area (Å²) in [5.74, 6) is 1.71. The van der Waals surface area contributed by atoms with Gasteiger partial charge < -0.3 is 4.42 Å². The maximum absolute atomic E-state index is 12.7. The lowest BCUT2D eigenvalue weighted by molar-refractivity contribution is 0.571. The van der Waals surface area contributed by atoms with Crippen molar-refractivity contribution < 1.29 is 4.42 Å². The van der Waals surface area contributed by atoms with E-state index in [1.54, 1.807) is 24.3 Å². The number of furan rings is 1. The van der Waals surface area contributed by atoms with Crippen molar-refractivity contribution in [2.75, 3.05) is 0 Å². The Morgan fingerprint density at radius 1 is 0.966 bits per heavy atom. The summed E-state index contributed by atoms with van der Waals surface area (Å²) >= 11 is 13.3. The second-order valence-corrected chi connectivity index (χ2v) is 8.07. The van der Waals surface area contributed by atoms with Gasteiger partial charge in [0.2, 0.25) is 4.96 Å². The van der Waals surface area contributed by atoms with Crippen molar-refractivity contribution in [1.82, 2.24) is 14.6 Å². The number of thiazole rings is 1. The van der Waals surface area contributed by atoms with Gasteiger partial charge in [-0.3, -0.25) is 4.79 Å². The smallest absolute Gasteiger partial charge is 0.291 e. The summed E-state index contributed by atoms with van der Waals surface area (Å²) in [6, 6.07) is 18.4. The maximum Gasteiger partial charge on any atom is 0.291 e. The molecular weight excluding hydrogens is 429 g/mol. The molecule has 0 spiro atoms. The molecule has 5 nitrogen and oxygen atoms in total. The highest BCUT2D eigenvalue weighted by Gasteiger charge is 2.12. The van der Waals surface area contributed by atoms with Crippen LogP contribution in [0.2, 0.25) is 10.0 Å². The second kappa shape index (κ2) is 7.15. The lowest BCUT2D eigenvalue weighted by atomic mass is 10.2. The number of aromatic nitrogens is 3. The van der Waals surface area contributed by atoms with Crippen molar-refractivity contribution in [3.8, 4) is 22.7 Å². The first kappa shape index (κ1) is 18.1. The van der Waals surface area contributed by atoms with E-state index in [4.69, 9.17) is 27.6 Å². The number of rotatable bonds is 3. The Kier molecular flexibility index (Phi) is 4.47. The van der Waals surface area contributed by atoms with Crippen LogP contribution >= 0.6 is 34.5 Å². The van der Waals surface area contributed by atoms with Crippen molar-refractivity contribution in [2.45, 2.75) is 0 Å². The Morgan fingerprint density at radius 3 is 2.55 bits per heavy atom. The molecule has 3 heterocycles. The zero-order valence-electron chi connectivity index (χ0n) is 14.7. The van der Waals surface area contributed by atoms with Crippen molar-refractivity contribution in [2.24, 2.45) is 0 Å². The van der Waals surface area contributed by atoms with E-state index >= 15 is 0 Å². The number of benzene rings is 2. The summed E-state index contributed by atoms with van der Waals surface area (Å²) in [5, 5.41) is 5.27. The number of fused-ring (bicyclic) bond motifs is 1. The lowest BCUT2D eigenvalue weighted by Gasteiger charge is -1.99. The van der Waals surface area contributed by atoms with E-state index in [1.807, 2.05) is 42.5 Å². The lowest BCUT2D eigenvalue weighted by Crippen LogP contribution is -2.23. The van der Waals surface area contributed by atoms with Crippen LogP contribution in [0.5, 0.6) is 0 Å². The third kappa shape index (κ3) is 3.35. The molecule has 0 N–H and O–H groups in total. The van der Waals surface area contributed by atoms with Crippen molar-refractivity contribution in [1.29, 1.82) is 0 Å². The van der Waals surface area contributed by atoms with E-state index in [0.717, 1.165) is 11.1 Å². The Labute approximate surface area is 178 Å². The first-order chi connectivity index (χ1) is 14.1. The fraction of sp³-hybridized carbons (Fsp3) is 0. The van der Waals surface area contributed by atoms with Crippen LogP contribution in [0, 0.1) is 0 Å². The van der Waals surface area contributed by atoms with Gasteiger partial charge >= 0.3 is 0 Å². The molecule has 0 atom stereocenters. The molecule has 0 amide bonds. The van der Waals surface area contributed by atoms with Crippen LogP contribution in [0.15, 0.2) is 69.9 Å². The minimum atomic E-state index is -0.229. The molecule has 0 saturated carbocycles. The Hall–Kier alpha value is -2.93. The molecule has 29 heavy (non-hydrogen) atoms. The molecule has 0 unspecified atom stereocenters. The minimum Gasteiger partial charge on any atom is -0.457 e. The first-order valence-electron chi connectivity index (χ1n) is 8.60. The molecule has 0 saturated heterocycles. The molecule has 0 bridgehead atoms. The molecule has 8 heteroatoms. The molecule has 0 aliphatic carbocycles. The molecule has 0 aliphatic heterocycles. The molecule has 0 radical (unpaired) electrons. The molecule has 0 fully saturated rings. The van der Waals surface area contributed by atoms with Crippen molar-refractivity contribution >= 4 is 45.6 Å². The number of hydrogen-bond acceptors (Lipinski definition) is 5. The standard InChI is InChI=1S/C21H11Cl2N3O2S/c22-15-8-6-13(10-16(15)23)17-9-7-14(28-17)11-18-20(27)26-21(29-18)24-19(25-26)12-4-2-1-3-5-12/h1-11H. The summed E-state index contributed by atoms with van der Waals surface area (Å²) < 4.78 is 7.67. The largest absolute Gasteiger partial charge is 0.457 e. The highest BCUT2D eigenvalue weighted by Crippen LogP contribution is 2.29. The zero-order valence-corrected chi connectivity index (χ0v) is 17.0. The summed E-state index contributed by atoms with van der Waals surface area (Å²) in [6.45, 7) is 0. The van der Waals surface area contributed by atoms with Crippen molar-refractivity contribution in [3.63, 3.8) is 0 Å². The monoisotopic (exact) mass is 439 g/mol. The Morgan fingerprint density at radius 2 is 1.79 bits per heavy atom. The number of nitrogens with zero attached hydrogens (tertiary/aromatic N) is 3. The fourth-order valence-electron chi connectivity index (χ4n) is 2.91. The number of hydrogen-bond donors (Lipinski definition) is 0. The molecule has 5 aromatic rings. The molecular formula is C21H11Cl2N3O2S. The summed E-state index contributed by atoms with van der Waals surface area (Å²) in [6.07, 6.45) is 1.69. The van der Waals surface area contributed by atoms with E-state index in [-0.39, 0.29) is 5.56 Å². The summed E-state index contributed by atoms with van der Waals surface area (Å²) in [5.41, 5.74) is 1.44. The third-order valence-corrected chi connectivity index (χ3v) is 6.02. The predicted molar refractivity (Wildman–Crippen MR) is 116 cm³/mol. The van der Waals surface area contributed by atoms with Crippen LogP contribution in [0.25, 0.3) is 33.7 Å². The Balaban J connectivity index is 1.52. The van der Waals surface area contributed by atoms with Crippen LogP contribution < -0.4 is 10.1 Å². The van der Waals surface area contributed by atoms with Gasteiger partial charge in [-0.15, -0.1) is 5.10 Å². The molecule has 5 rings (SSSR count). The van der Waals surface area contributed by atoms with Gasteiger partial charge in [0.25, 0.3) is 5.56 Å².